The molecule has 0 fully saturated rings. The van der Waals surface area contributed by atoms with E-state index >= 15 is 0 Å². The molecule has 2 rings (SSSR count). The normalized spacial score (nSPS) is 16.6. The summed E-state index contributed by atoms with van der Waals surface area (Å²) in [4.78, 5) is 23.1. The van der Waals surface area contributed by atoms with E-state index in [0.29, 0.717) is 0 Å². The Balaban J connectivity index is 1.97. The Hall–Kier alpha value is -2.30. The maximum absolute atomic E-state index is 11.8. The van der Waals surface area contributed by atoms with Gasteiger partial charge in [-0.2, -0.15) is 0 Å². The first kappa shape index (κ1) is 16.1. The van der Waals surface area contributed by atoms with Crippen LogP contribution in [0.15, 0.2) is 30.9 Å². The van der Waals surface area contributed by atoms with Gasteiger partial charge in [0.15, 0.2) is 0 Å². The Kier molecular flexibility index (Phi) is 4.54. The van der Waals surface area contributed by atoms with E-state index in [9.17, 15) is 9.59 Å². The molecule has 22 heavy (non-hydrogen) atoms. The average molecular weight is 302 g/mol. The Morgan fingerprint density at radius 1 is 1.27 bits per heavy atom. The molecule has 5 nitrogen and oxygen atoms in total. The third-order valence-electron chi connectivity index (χ3n) is 3.31. The van der Waals surface area contributed by atoms with Gasteiger partial charge in [-0.25, -0.2) is 4.79 Å². The number of anilines is 1. The first-order valence-corrected chi connectivity index (χ1v) is 7.31. The minimum absolute atomic E-state index is 0.0233. The van der Waals surface area contributed by atoms with Crippen molar-refractivity contribution in [1.29, 1.82) is 0 Å². The van der Waals surface area contributed by atoms with Crippen LogP contribution in [0.2, 0.25) is 0 Å². The molecule has 1 atom stereocenters. The minimum Gasteiger partial charge on any atom is -0.444 e. The van der Waals surface area contributed by atoms with Crippen molar-refractivity contribution in [1.82, 2.24) is 5.32 Å². The maximum Gasteiger partial charge on any atom is 0.407 e. The summed E-state index contributed by atoms with van der Waals surface area (Å²) in [7, 11) is 0. The Bertz CT molecular complexity index is 602. The molecular weight excluding hydrogens is 280 g/mol. The van der Waals surface area contributed by atoms with Crippen LogP contribution in [0.3, 0.4) is 0 Å². The first-order valence-electron chi connectivity index (χ1n) is 7.31. The summed E-state index contributed by atoms with van der Waals surface area (Å²) >= 11 is 0. The number of amides is 2. The largest absolute Gasteiger partial charge is 0.444 e. The SMILES string of the molecule is C=CC(=O)Nc1ccc2c(c1)CC(NC(=O)OC(C)(C)C)C2. The number of carbonyl (C=O) groups excluding carboxylic acids is 2. The molecule has 0 aromatic heterocycles. The molecular formula is C17H22N2O3. The van der Waals surface area contributed by atoms with E-state index in [1.165, 1.54) is 11.6 Å². The molecule has 118 valence electrons. The molecule has 0 aliphatic heterocycles. The summed E-state index contributed by atoms with van der Waals surface area (Å²) in [6.07, 6.45) is 2.34. The van der Waals surface area contributed by atoms with Gasteiger partial charge in [0.2, 0.25) is 5.91 Å². The van der Waals surface area contributed by atoms with Gasteiger partial charge in [-0.15, -0.1) is 0 Å². The van der Waals surface area contributed by atoms with Gasteiger partial charge in [-0.1, -0.05) is 12.6 Å². The number of alkyl carbamates (subject to hydrolysis) is 1. The summed E-state index contributed by atoms with van der Waals surface area (Å²) in [5, 5.41) is 5.63. The van der Waals surface area contributed by atoms with Crippen LogP contribution in [0.5, 0.6) is 0 Å². The molecule has 0 heterocycles. The molecule has 1 unspecified atom stereocenters. The van der Waals surface area contributed by atoms with Gasteiger partial charge in [0.25, 0.3) is 0 Å². The van der Waals surface area contributed by atoms with Crippen LogP contribution < -0.4 is 10.6 Å². The van der Waals surface area contributed by atoms with E-state index in [0.717, 1.165) is 24.1 Å². The first-order chi connectivity index (χ1) is 10.3. The molecule has 2 amide bonds. The van der Waals surface area contributed by atoms with E-state index in [2.05, 4.69) is 17.2 Å². The zero-order valence-corrected chi connectivity index (χ0v) is 13.2. The van der Waals surface area contributed by atoms with Crippen molar-refractivity contribution in [2.45, 2.75) is 45.3 Å². The van der Waals surface area contributed by atoms with E-state index in [4.69, 9.17) is 4.74 Å². The average Bonchev–Trinajstić information content (AvgIpc) is 2.77. The Morgan fingerprint density at radius 2 is 1.95 bits per heavy atom. The molecule has 5 heteroatoms. The number of rotatable bonds is 3. The highest BCUT2D eigenvalue weighted by Crippen LogP contribution is 2.25. The molecule has 1 aliphatic rings. The number of benzene rings is 1. The highest BCUT2D eigenvalue weighted by Gasteiger charge is 2.25. The number of hydrogen-bond donors (Lipinski definition) is 2. The van der Waals surface area contributed by atoms with Gasteiger partial charge in [0.1, 0.15) is 5.60 Å². The third kappa shape index (κ3) is 4.35. The molecule has 2 N–H and O–H groups in total. The Labute approximate surface area is 130 Å². The van der Waals surface area contributed by atoms with Gasteiger partial charge in [0, 0.05) is 11.7 Å². The molecule has 1 aromatic carbocycles. The van der Waals surface area contributed by atoms with Gasteiger partial charge >= 0.3 is 6.09 Å². The smallest absolute Gasteiger partial charge is 0.407 e. The standard InChI is InChI=1S/C17H22N2O3/c1-5-15(20)18-13-7-6-11-8-14(10-12(11)9-13)19-16(21)22-17(2,3)4/h5-7,9,14H,1,8,10H2,2-4H3,(H,18,20)(H,19,21). The quantitative estimate of drug-likeness (QED) is 0.844. The van der Waals surface area contributed by atoms with Crippen molar-refractivity contribution < 1.29 is 14.3 Å². The van der Waals surface area contributed by atoms with Crippen molar-refractivity contribution in [3.8, 4) is 0 Å². The maximum atomic E-state index is 11.8. The lowest BCUT2D eigenvalue weighted by Crippen LogP contribution is -2.39. The molecule has 1 aromatic rings. The predicted molar refractivity (Wildman–Crippen MR) is 85.8 cm³/mol. The second kappa shape index (κ2) is 6.22. The fraction of sp³-hybridized carbons (Fsp3) is 0.412. The topological polar surface area (TPSA) is 67.4 Å². The van der Waals surface area contributed by atoms with Crippen LogP contribution in [-0.2, 0) is 22.4 Å². The number of fused-ring (bicyclic) bond motifs is 1. The van der Waals surface area contributed by atoms with Crippen LogP contribution in [-0.4, -0.2) is 23.6 Å². The van der Waals surface area contributed by atoms with Crippen molar-refractivity contribution in [3.63, 3.8) is 0 Å². The van der Waals surface area contributed by atoms with Crippen molar-refractivity contribution in [2.75, 3.05) is 5.32 Å². The summed E-state index contributed by atoms with van der Waals surface area (Å²) < 4.78 is 5.27. The second-order valence-corrected chi connectivity index (χ2v) is 6.43. The van der Waals surface area contributed by atoms with Crippen LogP contribution in [0, 0.1) is 0 Å². The van der Waals surface area contributed by atoms with Gasteiger partial charge < -0.3 is 15.4 Å². The van der Waals surface area contributed by atoms with Gasteiger partial charge in [-0.3, -0.25) is 4.79 Å². The summed E-state index contributed by atoms with van der Waals surface area (Å²) in [5.74, 6) is -0.235. The third-order valence-corrected chi connectivity index (χ3v) is 3.31. The predicted octanol–water partition coefficient (Wildman–Crippen LogP) is 2.80. The molecule has 0 saturated heterocycles. The molecule has 1 aliphatic carbocycles. The zero-order valence-electron chi connectivity index (χ0n) is 13.2. The van der Waals surface area contributed by atoms with Crippen LogP contribution in [0.4, 0.5) is 10.5 Å². The van der Waals surface area contributed by atoms with E-state index in [1.54, 1.807) is 0 Å². The molecule has 0 saturated carbocycles. The van der Waals surface area contributed by atoms with Crippen molar-refractivity contribution >= 4 is 17.7 Å². The lowest BCUT2D eigenvalue weighted by molar-refractivity contribution is -0.111. The van der Waals surface area contributed by atoms with Gasteiger partial charge in [-0.05, 0) is 62.9 Å². The van der Waals surface area contributed by atoms with E-state index < -0.39 is 11.7 Å². The lowest BCUT2D eigenvalue weighted by atomic mass is 10.1. The fourth-order valence-corrected chi connectivity index (χ4v) is 2.47. The summed E-state index contributed by atoms with van der Waals surface area (Å²) in [5.41, 5.74) is 2.54. The van der Waals surface area contributed by atoms with Crippen molar-refractivity contribution in [2.24, 2.45) is 0 Å². The highest BCUT2D eigenvalue weighted by atomic mass is 16.6. The highest BCUT2D eigenvalue weighted by molar-refractivity contribution is 5.98. The number of nitrogens with one attached hydrogen (secondary N) is 2. The number of ether oxygens (including phenoxy) is 1. The minimum atomic E-state index is -0.502. The number of hydrogen-bond acceptors (Lipinski definition) is 3. The van der Waals surface area contributed by atoms with Crippen LogP contribution >= 0.6 is 0 Å². The Morgan fingerprint density at radius 3 is 2.59 bits per heavy atom. The summed E-state index contributed by atoms with van der Waals surface area (Å²) in [6, 6.07) is 5.80. The lowest BCUT2D eigenvalue weighted by Gasteiger charge is -2.21. The zero-order chi connectivity index (χ0) is 16.3. The molecule has 0 spiro atoms. The van der Waals surface area contributed by atoms with E-state index in [-0.39, 0.29) is 11.9 Å². The second-order valence-electron chi connectivity index (χ2n) is 6.43. The van der Waals surface area contributed by atoms with Gasteiger partial charge in [0.05, 0.1) is 0 Å². The monoisotopic (exact) mass is 302 g/mol. The molecule has 0 radical (unpaired) electrons. The summed E-state index contributed by atoms with van der Waals surface area (Å²) in [6.45, 7) is 8.94. The molecule has 0 bridgehead atoms. The van der Waals surface area contributed by atoms with Crippen LogP contribution in [0.25, 0.3) is 0 Å². The van der Waals surface area contributed by atoms with Crippen molar-refractivity contribution in [3.05, 3.63) is 42.0 Å². The fourth-order valence-electron chi connectivity index (χ4n) is 2.47. The number of carbonyl (C=O) groups is 2. The van der Waals surface area contributed by atoms with Crippen LogP contribution in [0.1, 0.15) is 31.9 Å². The van der Waals surface area contributed by atoms with E-state index in [1.807, 2.05) is 39.0 Å².